The van der Waals surface area contributed by atoms with Crippen LogP contribution in [-0.4, -0.2) is 83.1 Å². The van der Waals surface area contributed by atoms with Gasteiger partial charge in [-0.15, -0.1) is 10.2 Å². The van der Waals surface area contributed by atoms with Crippen LogP contribution in [0.5, 0.6) is 0 Å². The number of sulfonamides is 1. The largest absolute Gasteiger partial charge is 0.414 e. The number of aliphatic hydroxyl groups excluding tert-OH is 1. The number of rotatable bonds is 8. The van der Waals surface area contributed by atoms with Gasteiger partial charge in [0.2, 0.25) is 16.0 Å². The van der Waals surface area contributed by atoms with Gasteiger partial charge in [-0.25, -0.2) is 32.2 Å². The second-order valence-electron chi connectivity index (χ2n) is 11.1. The summed E-state index contributed by atoms with van der Waals surface area (Å²) in [7, 11) is -3.77. The fraction of sp³-hybridized carbons (Fsp3) is 0.577. The lowest BCUT2D eigenvalue weighted by atomic mass is 9.93. The number of hydrogen-bond acceptors (Lipinski definition) is 11. The Labute approximate surface area is 236 Å². The Kier molecular flexibility index (Phi) is 7.04. The first-order valence-corrected chi connectivity index (χ1v) is 15.4. The summed E-state index contributed by atoms with van der Waals surface area (Å²) < 4.78 is 60.4. The molecule has 0 amide bonds. The van der Waals surface area contributed by atoms with Crippen molar-refractivity contribution in [3.8, 4) is 23.0 Å². The third kappa shape index (κ3) is 6.10. The highest BCUT2D eigenvalue weighted by Gasteiger charge is 2.45. The molecule has 0 aromatic carbocycles. The number of halogens is 2. The minimum atomic E-state index is -3.77. The van der Waals surface area contributed by atoms with Gasteiger partial charge in [0.05, 0.1) is 17.9 Å². The molecule has 12 nitrogen and oxygen atoms in total. The molecule has 2 saturated heterocycles. The van der Waals surface area contributed by atoms with E-state index in [1.54, 1.807) is 24.0 Å². The predicted molar refractivity (Wildman–Crippen MR) is 147 cm³/mol. The van der Waals surface area contributed by atoms with E-state index in [1.807, 2.05) is 0 Å². The van der Waals surface area contributed by atoms with Crippen molar-refractivity contribution in [3.63, 3.8) is 0 Å². The number of nitrogens with one attached hydrogen (secondary N) is 1. The normalized spacial score (nSPS) is 19.9. The number of anilines is 3. The van der Waals surface area contributed by atoms with Gasteiger partial charge in [-0.1, -0.05) is 0 Å². The van der Waals surface area contributed by atoms with Gasteiger partial charge in [0.25, 0.3) is 17.7 Å². The van der Waals surface area contributed by atoms with Crippen molar-refractivity contribution in [2.24, 2.45) is 5.41 Å². The van der Waals surface area contributed by atoms with Gasteiger partial charge in [-0.05, 0) is 56.2 Å². The van der Waals surface area contributed by atoms with Gasteiger partial charge in [0.1, 0.15) is 17.3 Å². The van der Waals surface area contributed by atoms with Gasteiger partial charge in [-0.2, -0.15) is 0 Å². The van der Waals surface area contributed by atoms with Crippen LogP contribution in [0.25, 0.3) is 23.0 Å². The number of aryl methyl sites for hydroxylation is 1. The van der Waals surface area contributed by atoms with E-state index in [1.165, 1.54) is 18.9 Å². The second kappa shape index (κ2) is 10.4. The fourth-order valence-corrected chi connectivity index (χ4v) is 6.16. The molecule has 1 aliphatic carbocycles. The molecule has 0 unspecified atom stereocenters. The molecule has 0 bridgehead atoms. The summed E-state index contributed by atoms with van der Waals surface area (Å²) in [6.07, 6.45) is 3.99. The molecular weight excluding hydrogens is 558 g/mol. The van der Waals surface area contributed by atoms with Gasteiger partial charge in [0, 0.05) is 44.7 Å². The fourth-order valence-electron chi connectivity index (χ4n) is 5.39. The van der Waals surface area contributed by atoms with Crippen molar-refractivity contribution in [1.29, 1.82) is 0 Å². The maximum Gasteiger partial charge on any atom is 0.266 e. The average molecular weight is 591 g/mol. The summed E-state index contributed by atoms with van der Waals surface area (Å²) in [6.45, 7) is 3.09. The van der Waals surface area contributed by atoms with E-state index < -0.39 is 28.3 Å². The van der Waals surface area contributed by atoms with Gasteiger partial charge in [0.15, 0.2) is 0 Å². The zero-order valence-corrected chi connectivity index (χ0v) is 23.5. The van der Waals surface area contributed by atoms with Crippen LogP contribution in [-0.2, 0) is 10.0 Å². The Morgan fingerprint density at radius 2 is 1.63 bits per heavy atom. The van der Waals surface area contributed by atoms with Crippen LogP contribution in [0.3, 0.4) is 0 Å². The molecule has 3 fully saturated rings. The third-order valence-corrected chi connectivity index (χ3v) is 9.31. The van der Waals surface area contributed by atoms with Crippen molar-refractivity contribution in [3.05, 3.63) is 23.9 Å². The van der Waals surface area contributed by atoms with Gasteiger partial charge < -0.3 is 19.3 Å². The highest BCUT2D eigenvalue weighted by molar-refractivity contribution is 7.92. The molecule has 2 N–H and O–H groups in total. The van der Waals surface area contributed by atoms with Crippen molar-refractivity contribution in [2.75, 3.05) is 53.1 Å². The van der Waals surface area contributed by atoms with E-state index in [9.17, 15) is 17.2 Å². The number of aromatic nitrogens is 5. The Morgan fingerprint density at radius 3 is 2.32 bits per heavy atom. The number of piperidine rings is 2. The minimum absolute atomic E-state index is 0.131. The molecule has 3 aliphatic rings. The maximum absolute atomic E-state index is 13.7. The number of alkyl halides is 2. The first-order chi connectivity index (χ1) is 19.5. The Morgan fingerprint density at radius 1 is 0.951 bits per heavy atom. The number of nitrogens with zero attached hydrogens (tertiary/aromatic N) is 7. The van der Waals surface area contributed by atoms with E-state index in [0.29, 0.717) is 34.1 Å². The van der Waals surface area contributed by atoms with Gasteiger partial charge >= 0.3 is 0 Å². The zero-order chi connectivity index (χ0) is 28.8. The Balaban J connectivity index is 1.30. The molecule has 3 aromatic heterocycles. The molecule has 1 saturated carbocycles. The molecule has 15 heteroatoms. The lowest BCUT2D eigenvalue weighted by Gasteiger charge is -2.33. The minimum Gasteiger partial charge on any atom is -0.414 e. The predicted octanol–water partition coefficient (Wildman–Crippen LogP) is 3.25. The van der Waals surface area contributed by atoms with Crippen molar-refractivity contribution in [1.82, 2.24) is 25.1 Å². The molecule has 3 aromatic rings. The number of hydrogen-bond donors (Lipinski definition) is 2. The van der Waals surface area contributed by atoms with E-state index in [2.05, 4.69) is 34.8 Å². The third-order valence-electron chi connectivity index (χ3n) is 8.07. The quantitative estimate of drug-likeness (QED) is 0.398. The standard InChI is InChI=1S/C26H32F2N8O4S/c1-17-16-19(30-24(29-17)36-12-8-26(27,28)9-13-36)23-33-32-22(40-23)18-2-3-20(34-41(38,39)15-14-37)31-21(18)35-10-6-25(4-5-25)7-11-35/h2-3,16,37H,4-15H2,1H3,(H,31,34). The number of aliphatic hydroxyl groups is 1. The van der Waals surface area contributed by atoms with Crippen LogP contribution in [0.4, 0.5) is 26.4 Å². The van der Waals surface area contributed by atoms with Crippen LogP contribution in [0.2, 0.25) is 0 Å². The lowest BCUT2D eigenvalue weighted by molar-refractivity contribution is -0.0222. The zero-order valence-electron chi connectivity index (χ0n) is 22.7. The second-order valence-corrected chi connectivity index (χ2v) is 13.0. The maximum atomic E-state index is 13.7. The lowest BCUT2D eigenvalue weighted by Crippen LogP contribution is -2.40. The summed E-state index contributed by atoms with van der Waals surface area (Å²) in [6, 6.07) is 4.89. The summed E-state index contributed by atoms with van der Waals surface area (Å²) in [4.78, 5) is 17.4. The van der Waals surface area contributed by atoms with E-state index >= 15 is 0 Å². The SMILES string of the molecule is Cc1cc(-c2nnc(-c3ccc(NS(=O)(=O)CCO)nc3N3CCC4(CC3)CC4)o2)nc(N2CCC(F)(F)CC2)n1. The van der Waals surface area contributed by atoms with Crippen LogP contribution in [0.15, 0.2) is 22.6 Å². The molecule has 0 atom stereocenters. The molecular formula is C26H32F2N8O4S. The summed E-state index contributed by atoms with van der Waals surface area (Å²) >= 11 is 0. The smallest absolute Gasteiger partial charge is 0.266 e. The molecule has 41 heavy (non-hydrogen) atoms. The van der Waals surface area contributed by atoms with Crippen LogP contribution in [0, 0.1) is 12.3 Å². The monoisotopic (exact) mass is 590 g/mol. The molecule has 0 radical (unpaired) electrons. The highest BCUT2D eigenvalue weighted by Crippen LogP contribution is 2.54. The van der Waals surface area contributed by atoms with E-state index in [0.717, 1.165) is 25.9 Å². The molecule has 6 rings (SSSR count). The topological polar surface area (TPSA) is 150 Å². The average Bonchev–Trinajstić information content (AvgIpc) is 3.48. The first kappa shape index (κ1) is 27.7. The molecule has 1 spiro atoms. The first-order valence-electron chi connectivity index (χ1n) is 13.7. The van der Waals surface area contributed by atoms with Crippen molar-refractivity contribution >= 4 is 27.6 Å². The van der Waals surface area contributed by atoms with Gasteiger partial charge in [-0.3, -0.25) is 4.72 Å². The van der Waals surface area contributed by atoms with Crippen LogP contribution < -0.4 is 14.5 Å². The molecule has 2 aliphatic heterocycles. The molecule has 5 heterocycles. The van der Waals surface area contributed by atoms with E-state index in [4.69, 9.17) is 9.52 Å². The highest BCUT2D eigenvalue weighted by atomic mass is 32.2. The molecule has 220 valence electrons. The van der Waals surface area contributed by atoms with E-state index in [-0.39, 0.29) is 43.5 Å². The van der Waals surface area contributed by atoms with Crippen molar-refractivity contribution in [2.45, 2.75) is 51.4 Å². The number of pyridine rings is 1. The summed E-state index contributed by atoms with van der Waals surface area (Å²) in [5.74, 6) is -1.80. The Bertz CT molecular complexity index is 1530. The summed E-state index contributed by atoms with van der Waals surface area (Å²) in [5.41, 5.74) is 1.97. The van der Waals surface area contributed by atoms with Crippen LogP contribution >= 0.6 is 0 Å². The Hall–Kier alpha value is -3.46. The summed E-state index contributed by atoms with van der Waals surface area (Å²) in [5, 5.41) is 17.6. The van der Waals surface area contributed by atoms with Crippen LogP contribution in [0.1, 0.15) is 44.2 Å². The van der Waals surface area contributed by atoms with Crippen molar-refractivity contribution < 1.29 is 26.7 Å².